The molecule has 2 heteroatoms. The lowest BCUT2D eigenvalue weighted by Crippen LogP contribution is -2.38. The monoisotopic (exact) mass is 258 g/mol. The third kappa shape index (κ3) is 3.01. The molecule has 1 atom stereocenters. The summed E-state index contributed by atoms with van der Waals surface area (Å²) in [5, 5.41) is 3.43. The van der Waals surface area contributed by atoms with Crippen LogP contribution >= 0.6 is 0 Å². The first kappa shape index (κ1) is 13.1. The summed E-state index contributed by atoms with van der Waals surface area (Å²) < 4.78 is 0. The second-order valence-corrected chi connectivity index (χ2v) is 6.12. The minimum Gasteiger partial charge on any atom is -0.309 e. The summed E-state index contributed by atoms with van der Waals surface area (Å²) in [7, 11) is 0. The van der Waals surface area contributed by atoms with Crippen LogP contribution in [0.2, 0.25) is 0 Å². The number of rotatable bonds is 4. The fourth-order valence-corrected chi connectivity index (χ4v) is 3.61. The Bertz CT molecular complexity index is 425. The van der Waals surface area contributed by atoms with Gasteiger partial charge in [-0.05, 0) is 42.5 Å². The number of benzene rings is 1. The molecule has 2 aliphatic heterocycles. The quantitative estimate of drug-likeness (QED) is 0.890. The van der Waals surface area contributed by atoms with Crippen molar-refractivity contribution in [2.24, 2.45) is 0 Å². The van der Waals surface area contributed by atoms with E-state index in [1.54, 1.807) is 0 Å². The number of piperidine rings is 1. The Kier molecular flexibility index (Phi) is 4.19. The molecular formula is C17H26N2. The molecule has 0 bridgehead atoms. The Balaban J connectivity index is 1.69. The zero-order chi connectivity index (χ0) is 13.1. The molecule has 0 aliphatic carbocycles. The van der Waals surface area contributed by atoms with E-state index in [0.29, 0.717) is 0 Å². The third-order valence-electron chi connectivity index (χ3n) is 4.66. The molecule has 104 valence electrons. The van der Waals surface area contributed by atoms with E-state index >= 15 is 0 Å². The highest BCUT2D eigenvalue weighted by Gasteiger charge is 2.22. The molecule has 1 aromatic rings. The molecule has 1 fully saturated rings. The maximum atomic E-state index is 3.43. The number of likely N-dealkylation sites (tertiary alicyclic amines) is 1. The molecule has 1 unspecified atom stereocenters. The SMILES string of the molecule is CCCC1CCCCN1Cc1ccc2c(c1)CNC2. The molecule has 1 N–H and O–H groups in total. The fourth-order valence-electron chi connectivity index (χ4n) is 3.61. The zero-order valence-corrected chi connectivity index (χ0v) is 12.1. The lowest BCUT2D eigenvalue weighted by molar-refractivity contribution is 0.131. The Morgan fingerprint density at radius 3 is 3.00 bits per heavy atom. The molecule has 0 aromatic heterocycles. The summed E-state index contributed by atoms with van der Waals surface area (Å²) in [5.74, 6) is 0. The van der Waals surface area contributed by atoms with Crippen molar-refractivity contribution in [2.75, 3.05) is 6.54 Å². The van der Waals surface area contributed by atoms with Gasteiger partial charge >= 0.3 is 0 Å². The first-order valence-electron chi connectivity index (χ1n) is 7.92. The zero-order valence-electron chi connectivity index (χ0n) is 12.1. The molecule has 2 heterocycles. The van der Waals surface area contributed by atoms with E-state index in [9.17, 15) is 0 Å². The highest BCUT2D eigenvalue weighted by molar-refractivity contribution is 5.34. The summed E-state index contributed by atoms with van der Waals surface area (Å²) in [4.78, 5) is 2.72. The van der Waals surface area contributed by atoms with E-state index in [-0.39, 0.29) is 0 Å². The average molecular weight is 258 g/mol. The summed E-state index contributed by atoms with van der Waals surface area (Å²) >= 11 is 0. The molecule has 19 heavy (non-hydrogen) atoms. The normalized spacial score (nSPS) is 23.5. The first-order chi connectivity index (χ1) is 9.36. The van der Waals surface area contributed by atoms with Crippen molar-refractivity contribution < 1.29 is 0 Å². The van der Waals surface area contributed by atoms with Crippen LogP contribution in [0.25, 0.3) is 0 Å². The van der Waals surface area contributed by atoms with E-state index in [2.05, 4.69) is 35.3 Å². The largest absolute Gasteiger partial charge is 0.309 e. The van der Waals surface area contributed by atoms with E-state index in [4.69, 9.17) is 0 Å². The van der Waals surface area contributed by atoms with Gasteiger partial charge in [0.25, 0.3) is 0 Å². The highest BCUT2D eigenvalue weighted by Crippen LogP contribution is 2.24. The topological polar surface area (TPSA) is 15.3 Å². The molecule has 2 nitrogen and oxygen atoms in total. The van der Waals surface area contributed by atoms with Crippen LogP contribution in [-0.4, -0.2) is 17.5 Å². The van der Waals surface area contributed by atoms with Gasteiger partial charge in [0.15, 0.2) is 0 Å². The average Bonchev–Trinajstić information content (AvgIpc) is 2.89. The van der Waals surface area contributed by atoms with Crippen molar-refractivity contribution in [1.82, 2.24) is 10.2 Å². The number of nitrogens with one attached hydrogen (secondary N) is 1. The Labute approximate surface area is 117 Å². The van der Waals surface area contributed by atoms with Crippen LogP contribution in [0, 0.1) is 0 Å². The van der Waals surface area contributed by atoms with Crippen LogP contribution in [0.5, 0.6) is 0 Å². The predicted octanol–water partition coefficient (Wildman–Crippen LogP) is 3.44. The number of fused-ring (bicyclic) bond motifs is 1. The second kappa shape index (κ2) is 6.06. The summed E-state index contributed by atoms with van der Waals surface area (Å²) in [6.45, 7) is 6.87. The van der Waals surface area contributed by atoms with E-state index in [1.165, 1.54) is 55.3 Å². The minimum absolute atomic E-state index is 0.824. The van der Waals surface area contributed by atoms with E-state index in [1.807, 2.05) is 0 Å². The van der Waals surface area contributed by atoms with Crippen molar-refractivity contribution in [3.8, 4) is 0 Å². The van der Waals surface area contributed by atoms with Gasteiger partial charge < -0.3 is 5.32 Å². The smallest absolute Gasteiger partial charge is 0.0236 e. The van der Waals surface area contributed by atoms with Gasteiger partial charge in [-0.25, -0.2) is 0 Å². The third-order valence-corrected chi connectivity index (χ3v) is 4.66. The summed E-state index contributed by atoms with van der Waals surface area (Å²) in [6, 6.07) is 7.91. The molecule has 2 aliphatic rings. The molecule has 0 radical (unpaired) electrons. The summed E-state index contributed by atoms with van der Waals surface area (Å²) in [5.41, 5.74) is 4.51. The van der Waals surface area contributed by atoms with Crippen LogP contribution in [0.3, 0.4) is 0 Å². The van der Waals surface area contributed by atoms with Gasteiger partial charge in [-0.15, -0.1) is 0 Å². The van der Waals surface area contributed by atoms with Crippen molar-refractivity contribution in [2.45, 2.75) is 64.7 Å². The standard InChI is InChI=1S/C17H26N2/c1-2-5-17-6-3-4-9-19(17)13-14-7-8-15-11-18-12-16(15)10-14/h7-8,10,17-18H,2-6,9,11-13H2,1H3. The molecule has 0 spiro atoms. The van der Waals surface area contributed by atoms with Crippen LogP contribution in [0.1, 0.15) is 55.7 Å². The van der Waals surface area contributed by atoms with E-state index < -0.39 is 0 Å². The van der Waals surface area contributed by atoms with Gasteiger partial charge in [-0.3, -0.25) is 4.90 Å². The minimum atomic E-state index is 0.824. The number of hydrogen-bond donors (Lipinski definition) is 1. The van der Waals surface area contributed by atoms with Gasteiger partial charge in [-0.1, -0.05) is 38.0 Å². The van der Waals surface area contributed by atoms with Gasteiger partial charge in [0.1, 0.15) is 0 Å². The Morgan fingerprint density at radius 1 is 1.21 bits per heavy atom. The maximum absolute atomic E-state index is 3.43. The lowest BCUT2D eigenvalue weighted by atomic mass is 9.97. The molecule has 0 amide bonds. The summed E-state index contributed by atoms with van der Waals surface area (Å²) in [6.07, 6.45) is 6.89. The fraction of sp³-hybridized carbons (Fsp3) is 0.647. The van der Waals surface area contributed by atoms with Gasteiger partial charge in [0, 0.05) is 25.7 Å². The number of hydrogen-bond acceptors (Lipinski definition) is 2. The van der Waals surface area contributed by atoms with Crippen LogP contribution in [-0.2, 0) is 19.6 Å². The lowest BCUT2D eigenvalue weighted by Gasteiger charge is -2.35. The molecule has 3 rings (SSSR count). The van der Waals surface area contributed by atoms with Crippen LogP contribution in [0.15, 0.2) is 18.2 Å². The molecular weight excluding hydrogens is 232 g/mol. The van der Waals surface area contributed by atoms with Gasteiger partial charge in [0.05, 0.1) is 0 Å². The van der Waals surface area contributed by atoms with Crippen LogP contribution in [0.4, 0.5) is 0 Å². The van der Waals surface area contributed by atoms with E-state index in [0.717, 1.165) is 25.7 Å². The van der Waals surface area contributed by atoms with Crippen molar-refractivity contribution in [3.63, 3.8) is 0 Å². The van der Waals surface area contributed by atoms with Gasteiger partial charge in [-0.2, -0.15) is 0 Å². The highest BCUT2D eigenvalue weighted by atomic mass is 15.2. The molecule has 1 saturated heterocycles. The van der Waals surface area contributed by atoms with Crippen molar-refractivity contribution in [3.05, 3.63) is 34.9 Å². The predicted molar refractivity (Wildman–Crippen MR) is 79.9 cm³/mol. The second-order valence-electron chi connectivity index (χ2n) is 6.12. The molecule has 1 aromatic carbocycles. The Morgan fingerprint density at radius 2 is 2.11 bits per heavy atom. The number of nitrogens with zero attached hydrogens (tertiary/aromatic N) is 1. The maximum Gasteiger partial charge on any atom is 0.0236 e. The Hall–Kier alpha value is -0.860. The molecule has 0 saturated carbocycles. The van der Waals surface area contributed by atoms with Gasteiger partial charge in [0.2, 0.25) is 0 Å². The van der Waals surface area contributed by atoms with Crippen molar-refractivity contribution >= 4 is 0 Å². The van der Waals surface area contributed by atoms with Crippen LogP contribution < -0.4 is 5.32 Å². The van der Waals surface area contributed by atoms with Crippen molar-refractivity contribution in [1.29, 1.82) is 0 Å². The first-order valence-corrected chi connectivity index (χ1v) is 7.92.